The van der Waals surface area contributed by atoms with E-state index in [-0.39, 0.29) is 79.0 Å². The Bertz CT molecular complexity index is 4120. The molecule has 91 heavy (non-hydrogen) atoms. The summed E-state index contributed by atoms with van der Waals surface area (Å²) in [5.74, 6) is -17.5. The van der Waals surface area contributed by atoms with Crippen molar-refractivity contribution in [2.75, 3.05) is 0 Å². The zero-order valence-electron chi connectivity index (χ0n) is 45.9. The minimum absolute atomic E-state index is 0.0630. The molecule has 27 heteroatoms. The van der Waals surface area contributed by atoms with Crippen LogP contribution >= 0.6 is 0 Å². The van der Waals surface area contributed by atoms with Crippen LogP contribution < -0.4 is 0 Å². The summed E-state index contributed by atoms with van der Waals surface area (Å²) in [6, 6.07) is 35.7. The summed E-state index contributed by atoms with van der Waals surface area (Å²) >= 11 is 0. The van der Waals surface area contributed by atoms with E-state index in [0.29, 0.717) is 22.3 Å². The van der Waals surface area contributed by atoms with Gasteiger partial charge >= 0.3 is 71.6 Å². The minimum Gasteiger partial charge on any atom is -0.478 e. The van der Waals surface area contributed by atoms with Gasteiger partial charge in [-0.2, -0.15) is 0 Å². The molecule has 460 valence electrons. The summed E-state index contributed by atoms with van der Waals surface area (Å²) in [5.41, 5.74) is -2.02. The smallest absolute Gasteiger partial charge is 0.336 e. The largest absolute Gasteiger partial charge is 0.478 e. The number of carbonyl (C=O) groups is 15. The molecule has 0 spiro atoms. The van der Waals surface area contributed by atoms with E-state index in [4.69, 9.17) is 61.3 Å². The Morgan fingerprint density at radius 3 is 0.670 bits per heavy atom. The van der Waals surface area contributed by atoms with E-state index in [1.165, 1.54) is 115 Å². The fourth-order valence-electron chi connectivity index (χ4n) is 8.11. The molecule has 0 aliphatic rings. The molecule has 0 heterocycles. The Hall–Kier alpha value is -13.6. The molecule has 8 rings (SSSR count). The molecule has 27 nitrogen and oxygen atoms in total. The Balaban J connectivity index is 0.000000222. The summed E-state index contributed by atoms with van der Waals surface area (Å²) in [6.45, 7) is 0. The maximum Gasteiger partial charge on any atom is 0.336 e. The summed E-state index contributed by atoms with van der Waals surface area (Å²) in [5, 5.41) is 108. The maximum absolute atomic E-state index is 12.5. The number of carbonyl (C=O) groups excluding carboxylic acids is 3. The molecule has 0 unspecified atom stereocenters. The van der Waals surface area contributed by atoms with Crippen LogP contribution in [0.2, 0.25) is 0 Å². The van der Waals surface area contributed by atoms with Crippen molar-refractivity contribution in [1.29, 1.82) is 0 Å². The second kappa shape index (κ2) is 30.0. The zero-order chi connectivity index (χ0) is 67.7. The summed E-state index contributed by atoms with van der Waals surface area (Å²) in [7, 11) is 0. The quantitative estimate of drug-likeness (QED) is 0.0318. The lowest BCUT2D eigenvalue weighted by atomic mass is 9.95. The van der Waals surface area contributed by atoms with E-state index >= 15 is 0 Å². The number of ketones is 3. The summed E-state index contributed by atoms with van der Waals surface area (Å²) < 4.78 is 0. The van der Waals surface area contributed by atoms with Crippen molar-refractivity contribution in [3.63, 3.8) is 0 Å². The zero-order valence-corrected chi connectivity index (χ0v) is 45.9. The number of hydrogen-bond acceptors (Lipinski definition) is 15. The van der Waals surface area contributed by atoms with Crippen LogP contribution in [-0.2, 0) is 6.42 Å². The van der Waals surface area contributed by atoms with Gasteiger partial charge in [0, 0.05) is 33.4 Å². The number of carboxylic acid groups (broad SMARTS) is 12. The van der Waals surface area contributed by atoms with Crippen molar-refractivity contribution in [1.82, 2.24) is 0 Å². The Morgan fingerprint density at radius 1 is 0.187 bits per heavy atom. The molecule has 0 saturated heterocycles. The molecular formula is C64H42O27. The van der Waals surface area contributed by atoms with Gasteiger partial charge in [0.05, 0.1) is 66.8 Å². The first-order chi connectivity index (χ1) is 42.8. The number of rotatable bonds is 20. The predicted molar refractivity (Wildman–Crippen MR) is 308 cm³/mol. The highest BCUT2D eigenvalue weighted by Crippen LogP contribution is 2.23. The van der Waals surface area contributed by atoms with E-state index in [0.717, 1.165) is 48.5 Å². The average Bonchev–Trinajstić information content (AvgIpc) is 0.935. The van der Waals surface area contributed by atoms with Crippen molar-refractivity contribution in [3.05, 3.63) is 281 Å². The van der Waals surface area contributed by atoms with Crippen LogP contribution in [-0.4, -0.2) is 150 Å². The van der Waals surface area contributed by atoms with Gasteiger partial charge in [-0.25, -0.2) is 57.5 Å². The van der Waals surface area contributed by atoms with Gasteiger partial charge in [0.2, 0.25) is 0 Å². The van der Waals surface area contributed by atoms with Crippen LogP contribution in [0.15, 0.2) is 170 Å². The van der Waals surface area contributed by atoms with E-state index in [1.807, 2.05) is 0 Å². The van der Waals surface area contributed by atoms with Crippen molar-refractivity contribution >= 4 is 89.0 Å². The summed E-state index contributed by atoms with van der Waals surface area (Å²) in [4.78, 5) is 169. The number of aromatic carboxylic acids is 12. The van der Waals surface area contributed by atoms with Gasteiger partial charge < -0.3 is 61.3 Å². The Labute approximate surface area is 508 Å². The van der Waals surface area contributed by atoms with Gasteiger partial charge in [0.25, 0.3) is 0 Å². The van der Waals surface area contributed by atoms with Crippen LogP contribution in [0.1, 0.15) is 183 Å². The molecule has 0 aliphatic carbocycles. The molecule has 0 aromatic heterocycles. The van der Waals surface area contributed by atoms with Gasteiger partial charge in [0.1, 0.15) is 0 Å². The van der Waals surface area contributed by atoms with Crippen LogP contribution in [0.3, 0.4) is 0 Å². The maximum atomic E-state index is 12.5. The first-order valence-electron chi connectivity index (χ1n) is 25.2. The fraction of sp³-hybridized carbons (Fsp3) is 0.0156. The number of carboxylic acids is 12. The lowest BCUT2D eigenvalue weighted by Gasteiger charge is -2.08. The van der Waals surface area contributed by atoms with Crippen LogP contribution in [0, 0.1) is 0 Å². The SMILES string of the molecule is O=C(O)c1ccc(C(=O)c2ccc(C(=O)O)cc2)cc1.O=C(O)c1ccc(C(=O)c2ccccc2C(=O)O)cc1.O=C(O)c1ccc(Cc2ccc(C(=O)O)c(C(=O)O)c2)cc1C(=O)O.O=C(c1ccc(C(=O)O)c(C(=O)O)c1)c1ccc(C(=O)O)c(C(=O)O)c1. The molecule has 0 atom stereocenters. The van der Waals surface area contributed by atoms with Gasteiger partial charge in [-0.15, -0.1) is 0 Å². The third-order valence-electron chi connectivity index (χ3n) is 12.6. The summed E-state index contributed by atoms with van der Waals surface area (Å²) in [6.07, 6.45) is 0.111. The van der Waals surface area contributed by atoms with Crippen molar-refractivity contribution in [3.8, 4) is 0 Å². The van der Waals surface area contributed by atoms with Crippen LogP contribution in [0.25, 0.3) is 0 Å². The first kappa shape index (κ1) is 68.2. The molecule has 0 bridgehead atoms. The van der Waals surface area contributed by atoms with E-state index in [2.05, 4.69) is 0 Å². The molecule has 8 aromatic carbocycles. The van der Waals surface area contributed by atoms with Gasteiger partial charge in [-0.3, -0.25) is 14.4 Å². The molecule has 0 saturated carbocycles. The second-order valence-corrected chi connectivity index (χ2v) is 18.4. The molecule has 0 amide bonds. The highest BCUT2D eigenvalue weighted by molar-refractivity contribution is 6.15. The van der Waals surface area contributed by atoms with E-state index in [1.54, 1.807) is 6.07 Å². The molecule has 8 aromatic rings. The van der Waals surface area contributed by atoms with Gasteiger partial charge in [-0.1, -0.05) is 78.9 Å². The lowest BCUT2D eigenvalue weighted by molar-refractivity contribution is 0.0651. The highest BCUT2D eigenvalue weighted by atomic mass is 16.4. The predicted octanol–water partition coefficient (Wildman–Crippen LogP) is 8.41. The Morgan fingerprint density at radius 2 is 0.396 bits per heavy atom. The van der Waals surface area contributed by atoms with E-state index in [9.17, 15) is 71.9 Å². The standard InChI is InChI=1S/C17H10O9.C17H12O8.2C15H10O5/c18-13(7-1-3-9(14(19)20)11(5-7)16(23)24)8-2-4-10(15(21)22)12(6-8)17(25)26;18-14(19)10-3-1-8(6-12(10)16(22)23)5-9-2-4-11(15(20)21)13(7-9)17(24)25;16-13(9-1-5-11(6-2-9)14(17)18)10-3-7-12(8-4-10)15(19)20;16-13(9-5-7-10(8-6-9)14(17)18)11-3-1-2-4-12(11)15(19)20/h1-6H,(H,19,20)(H,21,22)(H,23,24)(H,25,26);1-4,6-7H,5H2,(H,18,19)(H,20,21)(H,22,23)(H,24,25);2*1-8H,(H,17,18)(H,19,20). The topological polar surface area (TPSA) is 499 Å². The molecule has 0 aliphatic heterocycles. The lowest BCUT2D eigenvalue weighted by Crippen LogP contribution is -2.13. The monoisotopic (exact) mass is 1240 g/mol. The van der Waals surface area contributed by atoms with Crippen molar-refractivity contribution in [2.24, 2.45) is 0 Å². The average molecular weight is 1240 g/mol. The first-order valence-corrected chi connectivity index (χ1v) is 25.2. The number of hydrogen-bond donors (Lipinski definition) is 12. The van der Waals surface area contributed by atoms with Crippen LogP contribution in [0.4, 0.5) is 0 Å². The fourth-order valence-corrected chi connectivity index (χ4v) is 8.11. The second-order valence-electron chi connectivity index (χ2n) is 18.4. The van der Waals surface area contributed by atoms with Crippen molar-refractivity contribution in [2.45, 2.75) is 6.42 Å². The molecule has 0 radical (unpaired) electrons. The molecule has 12 N–H and O–H groups in total. The van der Waals surface area contributed by atoms with E-state index < -0.39 is 105 Å². The highest BCUT2D eigenvalue weighted by Gasteiger charge is 2.24. The van der Waals surface area contributed by atoms with Gasteiger partial charge in [-0.05, 0) is 109 Å². The molecule has 0 fully saturated rings. The van der Waals surface area contributed by atoms with Crippen LogP contribution in [0.5, 0.6) is 0 Å². The normalized spacial score (nSPS) is 10.1. The number of benzene rings is 8. The van der Waals surface area contributed by atoms with Crippen molar-refractivity contribution < 1.29 is 133 Å². The Kier molecular flexibility index (Phi) is 22.5. The third-order valence-corrected chi connectivity index (χ3v) is 12.6. The third kappa shape index (κ3) is 17.5. The molecular weight excluding hydrogens is 1200 g/mol. The van der Waals surface area contributed by atoms with Gasteiger partial charge in [0.15, 0.2) is 17.3 Å². The minimum atomic E-state index is -1.55.